The van der Waals surface area contributed by atoms with Gasteiger partial charge in [0.25, 0.3) is 0 Å². The van der Waals surface area contributed by atoms with Crippen LogP contribution in [0.3, 0.4) is 0 Å². The highest BCUT2D eigenvalue weighted by atomic mass is 35.5. The van der Waals surface area contributed by atoms with Crippen molar-refractivity contribution < 1.29 is 17.9 Å². The number of carbonyl (C=O) groups excluding carboxylic acids is 1. The van der Waals surface area contributed by atoms with Crippen molar-refractivity contribution in [1.29, 1.82) is 0 Å². The molecule has 6 nitrogen and oxygen atoms in total. The first-order valence-corrected chi connectivity index (χ1v) is 9.69. The Labute approximate surface area is 142 Å². The second-order valence-corrected chi connectivity index (χ2v) is 8.14. The summed E-state index contributed by atoms with van der Waals surface area (Å²) in [5.74, 6) is 0.362. The fraction of sp³-hybridized carbons (Fsp3) is 0.533. The van der Waals surface area contributed by atoms with Crippen molar-refractivity contribution in [2.75, 3.05) is 32.2 Å². The number of hydrogen-bond donors (Lipinski definition) is 1. The molecule has 130 valence electrons. The van der Waals surface area contributed by atoms with Crippen LogP contribution in [-0.2, 0) is 14.6 Å². The first-order valence-electron chi connectivity index (χ1n) is 7.25. The Morgan fingerprint density at radius 2 is 1.96 bits per heavy atom. The Hall–Kier alpha value is -1.31. The number of halogens is 1. The molecule has 0 spiro atoms. The molecule has 0 heterocycles. The molecule has 0 aliphatic heterocycles. The average Bonchev–Trinajstić information content (AvgIpc) is 2.49. The summed E-state index contributed by atoms with van der Waals surface area (Å²) >= 11 is 5.78. The van der Waals surface area contributed by atoms with Gasteiger partial charge in [-0.05, 0) is 37.1 Å². The Balaban J connectivity index is 2.28. The van der Waals surface area contributed by atoms with Crippen molar-refractivity contribution in [3.8, 4) is 5.75 Å². The fourth-order valence-electron chi connectivity index (χ4n) is 1.88. The summed E-state index contributed by atoms with van der Waals surface area (Å²) < 4.78 is 27.7. The molecular formula is C15H23ClN2O4S. The number of benzene rings is 1. The van der Waals surface area contributed by atoms with Crippen LogP contribution < -0.4 is 10.5 Å². The van der Waals surface area contributed by atoms with Gasteiger partial charge in [-0.3, -0.25) is 4.79 Å². The summed E-state index contributed by atoms with van der Waals surface area (Å²) in [5, 5.41) is 0.644. The molecule has 0 fully saturated rings. The van der Waals surface area contributed by atoms with Crippen molar-refractivity contribution in [3.63, 3.8) is 0 Å². The van der Waals surface area contributed by atoms with Gasteiger partial charge in [-0.25, -0.2) is 8.42 Å². The quantitative estimate of drug-likeness (QED) is 0.669. The number of nitrogens with two attached hydrogens (primary N) is 1. The van der Waals surface area contributed by atoms with E-state index in [9.17, 15) is 13.2 Å². The van der Waals surface area contributed by atoms with Crippen molar-refractivity contribution >= 4 is 27.3 Å². The topological polar surface area (TPSA) is 89.7 Å². The van der Waals surface area contributed by atoms with Crippen molar-refractivity contribution in [3.05, 3.63) is 29.3 Å². The van der Waals surface area contributed by atoms with E-state index in [0.717, 1.165) is 6.26 Å². The smallest absolute Gasteiger partial charge is 0.239 e. The number of nitrogens with zero attached hydrogens (tertiary/aromatic N) is 1. The lowest BCUT2D eigenvalue weighted by Gasteiger charge is -2.21. The van der Waals surface area contributed by atoms with Gasteiger partial charge in [-0.1, -0.05) is 11.6 Å². The molecule has 1 aromatic carbocycles. The van der Waals surface area contributed by atoms with Crippen molar-refractivity contribution in [2.24, 2.45) is 5.73 Å². The fourth-order valence-corrected chi connectivity index (χ4v) is 2.69. The van der Waals surface area contributed by atoms with Gasteiger partial charge >= 0.3 is 0 Å². The summed E-state index contributed by atoms with van der Waals surface area (Å²) in [7, 11) is -1.47. The molecule has 1 rings (SSSR count). The van der Waals surface area contributed by atoms with E-state index in [1.165, 1.54) is 4.90 Å². The molecule has 0 radical (unpaired) electrons. The number of hydrogen-bond acceptors (Lipinski definition) is 5. The Bertz CT molecular complexity index is 604. The summed E-state index contributed by atoms with van der Waals surface area (Å²) in [6.45, 7) is 0.941. The molecule has 1 atom stereocenters. The summed E-state index contributed by atoms with van der Waals surface area (Å²) in [6.07, 6.45) is 1.90. The maximum atomic E-state index is 12.0. The lowest BCUT2D eigenvalue weighted by molar-refractivity contribution is -0.131. The van der Waals surface area contributed by atoms with Gasteiger partial charge in [0.05, 0.1) is 18.4 Å². The van der Waals surface area contributed by atoms with Crippen LogP contribution in [0.1, 0.15) is 12.8 Å². The van der Waals surface area contributed by atoms with Crippen LogP contribution in [0.4, 0.5) is 0 Å². The van der Waals surface area contributed by atoms with E-state index in [4.69, 9.17) is 22.1 Å². The lowest BCUT2D eigenvalue weighted by Crippen LogP contribution is -2.43. The molecule has 1 unspecified atom stereocenters. The number of carbonyl (C=O) groups is 1. The minimum absolute atomic E-state index is 0.0899. The molecule has 0 saturated carbocycles. The van der Waals surface area contributed by atoms with Gasteiger partial charge in [0.15, 0.2) is 0 Å². The SMILES string of the molecule is CN(CCCOc1ccc(Cl)cc1)C(=O)C(N)CCS(C)(=O)=O. The number of amides is 1. The molecule has 1 amide bonds. The molecule has 0 aromatic heterocycles. The summed E-state index contributed by atoms with van der Waals surface area (Å²) in [4.78, 5) is 13.5. The number of rotatable bonds is 9. The van der Waals surface area contributed by atoms with Gasteiger partial charge < -0.3 is 15.4 Å². The summed E-state index contributed by atoms with van der Waals surface area (Å²) in [6, 6.07) is 6.24. The van der Waals surface area contributed by atoms with Gasteiger partial charge in [0, 0.05) is 24.9 Å². The van der Waals surface area contributed by atoms with Crippen LogP contribution in [0.15, 0.2) is 24.3 Å². The molecule has 0 saturated heterocycles. The molecule has 2 N–H and O–H groups in total. The van der Waals surface area contributed by atoms with Gasteiger partial charge in [-0.2, -0.15) is 0 Å². The highest BCUT2D eigenvalue weighted by Crippen LogP contribution is 2.15. The molecule has 1 aromatic rings. The second-order valence-electron chi connectivity index (χ2n) is 5.44. The first kappa shape index (κ1) is 19.7. The molecule has 0 aliphatic carbocycles. The first-order chi connectivity index (χ1) is 10.7. The Morgan fingerprint density at radius 3 is 2.52 bits per heavy atom. The van der Waals surface area contributed by atoms with Crippen molar-refractivity contribution in [1.82, 2.24) is 4.90 Å². The van der Waals surface area contributed by atoms with E-state index in [1.807, 2.05) is 0 Å². The minimum atomic E-state index is -3.11. The zero-order valence-corrected chi connectivity index (χ0v) is 14.9. The van der Waals surface area contributed by atoms with Crippen LogP contribution in [0.2, 0.25) is 5.02 Å². The molecular weight excluding hydrogens is 340 g/mol. The maximum absolute atomic E-state index is 12.0. The minimum Gasteiger partial charge on any atom is -0.494 e. The van der Waals surface area contributed by atoms with Crippen molar-refractivity contribution in [2.45, 2.75) is 18.9 Å². The van der Waals surface area contributed by atoms with Gasteiger partial charge in [-0.15, -0.1) is 0 Å². The van der Waals surface area contributed by atoms with E-state index >= 15 is 0 Å². The predicted molar refractivity (Wildman–Crippen MR) is 91.5 cm³/mol. The van der Waals surface area contributed by atoms with Gasteiger partial charge in [0.2, 0.25) is 5.91 Å². The maximum Gasteiger partial charge on any atom is 0.239 e. The molecule has 0 aliphatic rings. The average molecular weight is 363 g/mol. The van der Waals surface area contributed by atoms with E-state index in [0.29, 0.717) is 30.3 Å². The third-order valence-corrected chi connectivity index (χ3v) is 4.44. The number of sulfone groups is 1. The Kier molecular flexibility index (Phi) is 7.81. The standard InChI is InChI=1S/C15H23ClN2O4S/c1-18(15(19)14(17)8-11-23(2,20)21)9-3-10-22-13-6-4-12(16)5-7-13/h4-7,14H,3,8-11,17H2,1-2H3. The van der Waals surface area contributed by atoms with E-state index in [1.54, 1.807) is 31.3 Å². The van der Waals surface area contributed by atoms with Crippen LogP contribution >= 0.6 is 11.6 Å². The summed E-state index contributed by atoms with van der Waals surface area (Å²) in [5.41, 5.74) is 5.74. The highest BCUT2D eigenvalue weighted by Gasteiger charge is 2.19. The molecule has 8 heteroatoms. The zero-order valence-electron chi connectivity index (χ0n) is 13.4. The largest absolute Gasteiger partial charge is 0.494 e. The lowest BCUT2D eigenvalue weighted by atomic mass is 10.2. The third-order valence-electron chi connectivity index (χ3n) is 3.21. The van der Waals surface area contributed by atoms with Crippen LogP contribution in [-0.4, -0.2) is 57.5 Å². The van der Waals surface area contributed by atoms with E-state index in [-0.39, 0.29) is 18.1 Å². The highest BCUT2D eigenvalue weighted by molar-refractivity contribution is 7.90. The van der Waals surface area contributed by atoms with Crippen LogP contribution in [0.5, 0.6) is 5.75 Å². The predicted octanol–water partition coefficient (Wildman–Crippen LogP) is 1.33. The monoisotopic (exact) mass is 362 g/mol. The Morgan fingerprint density at radius 1 is 1.35 bits per heavy atom. The molecule has 23 heavy (non-hydrogen) atoms. The zero-order chi connectivity index (χ0) is 17.5. The molecule has 0 bridgehead atoms. The van der Waals surface area contributed by atoms with E-state index < -0.39 is 15.9 Å². The van der Waals surface area contributed by atoms with Crippen LogP contribution in [0, 0.1) is 0 Å². The van der Waals surface area contributed by atoms with E-state index in [2.05, 4.69) is 0 Å². The second kappa shape index (κ2) is 9.10. The normalized spacial score (nSPS) is 12.7. The number of ether oxygens (including phenoxy) is 1. The third kappa shape index (κ3) is 8.20. The van der Waals surface area contributed by atoms with Gasteiger partial charge in [0.1, 0.15) is 15.6 Å². The number of likely N-dealkylation sites (N-methyl/N-ethyl adjacent to an activating group) is 1. The van der Waals surface area contributed by atoms with Crippen LogP contribution in [0.25, 0.3) is 0 Å².